The zero-order valence-electron chi connectivity index (χ0n) is 18.1. The van der Waals surface area contributed by atoms with Gasteiger partial charge in [0.2, 0.25) is 0 Å². The number of carbonyl (C=O) groups is 1. The number of piperazine rings is 1. The molecular weight excluding hydrogens is 454 g/mol. The normalized spacial score (nSPS) is 13.8. The van der Waals surface area contributed by atoms with Crippen molar-refractivity contribution in [2.75, 3.05) is 31.1 Å². The summed E-state index contributed by atoms with van der Waals surface area (Å²) in [7, 11) is 0. The minimum Gasteiger partial charge on any atom is -0.352 e. The summed E-state index contributed by atoms with van der Waals surface area (Å²) < 4.78 is 0. The maximum Gasteiger partial charge on any atom is 0.288 e. The number of amides is 1. The number of carbonyl (C=O) groups excluding carboxylic acids is 1. The van der Waals surface area contributed by atoms with Gasteiger partial charge in [0.05, 0.1) is 10.6 Å². The molecule has 5 rings (SSSR count). The summed E-state index contributed by atoms with van der Waals surface area (Å²) in [5, 5.41) is 22.3. The monoisotopic (exact) mass is 473 g/mol. The molecule has 170 valence electrons. The molecule has 9 heteroatoms. The van der Waals surface area contributed by atoms with Crippen molar-refractivity contribution in [1.82, 2.24) is 15.1 Å². The number of benzene rings is 3. The molecule has 8 nitrogen and oxygen atoms in total. The van der Waals surface area contributed by atoms with Crippen molar-refractivity contribution in [3.05, 3.63) is 93.5 Å². The topological polar surface area (TPSA) is 92.5 Å². The second-order valence-electron chi connectivity index (χ2n) is 8.04. The van der Waals surface area contributed by atoms with E-state index in [9.17, 15) is 14.9 Å². The Kier molecular flexibility index (Phi) is 5.81. The van der Waals surface area contributed by atoms with Gasteiger partial charge in [-0.15, -0.1) is 10.2 Å². The van der Waals surface area contributed by atoms with Crippen LogP contribution in [0.1, 0.15) is 10.4 Å². The molecule has 0 bridgehead atoms. The molecule has 0 aliphatic carbocycles. The molecule has 4 aromatic rings. The van der Waals surface area contributed by atoms with Gasteiger partial charge < -0.3 is 9.80 Å². The van der Waals surface area contributed by atoms with Crippen molar-refractivity contribution in [1.29, 1.82) is 0 Å². The van der Waals surface area contributed by atoms with Crippen LogP contribution in [0.2, 0.25) is 5.02 Å². The summed E-state index contributed by atoms with van der Waals surface area (Å²) in [6.07, 6.45) is 0. The largest absolute Gasteiger partial charge is 0.352 e. The fourth-order valence-electron chi connectivity index (χ4n) is 4.10. The zero-order chi connectivity index (χ0) is 23.7. The number of fused-ring (bicyclic) bond motifs is 1. The lowest BCUT2D eigenvalue weighted by Crippen LogP contribution is -2.49. The predicted molar refractivity (Wildman–Crippen MR) is 131 cm³/mol. The molecule has 0 spiro atoms. The Labute approximate surface area is 200 Å². The lowest BCUT2D eigenvalue weighted by molar-refractivity contribution is -0.384. The number of nitrogens with zero attached hydrogens (tertiary/aromatic N) is 5. The van der Waals surface area contributed by atoms with Gasteiger partial charge in [-0.05, 0) is 41.1 Å². The van der Waals surface area contributed by atoms with Crippen molar-refractivity contribution in [2.24, 2.45) is 0 Å². The third-order valence-corrected chi connectivity index (χ3v) is 6.30. The molecule has 1 amide bonds. The van der Waals surface area contributed by atoms with Crippen molar-refractivity contribution < 1.29 is 9.72 Å². The third kappa shape index (κ3) is 4.27. The fraction of sp³-hybridized carbons (Fsp3) is 0.160. The van der Waals surface area contributed by atoms with E-state index in [2.05, 4.69) is 39.4 Å². The van der Waals surface area contributed by atoms with Gasteiger partial charge in [0.15, 0.2) is 5.82 Å². The number of aromatic nitrogens is 2. The highest BCUT2D eigenvalue weighted by Gasteiger charge is 2.25. The maximum absolute atomic E-state index is 12.8. The summed E-state index contributed by atoms with van der Waals surface area (Å²) in [6.45, 7) is 2.13. The number of nitro benzene ring substituents is 1. The van der Waals surface area contributed by atoms with Gasteiger partial charge in [0.1, 0.15) is 5.02 Å². The molecule has 1 fully saturated rings. The number of rotatable bonds is 4. The first kappa shape index (κ1) is 21.8. The maximum atomic E-state index is 12.8. The van der Waals surface area contributed by atoms with Gasteiger partial charge in [-0.3, -0.25) is 14.9 Å². The van der Waals surface area contributed by atoms with E-state index in [1.54, 1.807) is 4.90 Å². The van der Waals surface area contributed by atoms with Gasteiger partial charge in [0, 0.05) is 43.4 Å². The predicted octanol–water partition coefficient (Wildman–Crippen LogP) is 4.82. The molecule has 1 aliphatic rings. The Morgan fingerprint density at radius 3 is 2.35 bits per heavy atom. The highest BCUT2D eigenvalue weighted by Crippen LogP contribution is 2.27. The number of halogens is 1. The molecule has 0 unspecified atom stereocenters. The van der Waals surface area contributed by atoms with Crippen LogP contribution in [0, 0.1) is 10.1 Å². The van der Waals surface area contributed by atoms with Crippen LogP contribution in [0.3, 0.4) is 0 Å². The van der Waals surface area contributed by atoms with Crippen molar-refractivity contribution >= 4 is 39.8 Å². The van der Waals surface area contributed by atoms with Gasteiger partial charge in [0.25, 0.3) is 11.6 Å². The van der Waals surface area contributed by atoms with Crippen LogP contribution < -0.4 is 4.90 Å². The smallest absolute Gasteiger partial charge is 0.288 e. The number of nitro groups is 1. The fourth-order valence-corrected chi connectivity index (χ4v) is 4.29. The Morgan fingerprint density at radius 1 is 0.882 bits per heavy atom. The van der Waals surface area contributed by atoms with Crippen LogP contribution in [0.4, 0.5) is 11.5 Å². The quantitative estimate of drug-likeness (QED) is 0.311. The lowest BCUT2D eigenvalue weighted by atomic mass is 10.1. The van der Waals surface area contributed by atoms with Crippen LogP contribution in [0.15, 0.2) is 72.8 Å². The van der Waals surface area contributed by atoms with E-state index < -0.39 is 4.92 Å². The van der Waals surface area contributed by atoms with E-state index >= 15 is 0 Å². The second kappa shape index (κ2) is 9.07. The third-order valence-electron chi connectivity index (χ3n) is 5.98. The Balaban J connectivity index is 1.25. The molecule has 1 aliphatic heterocycles. The van der Waals surface area contributed by atoms with Gasteiger partial charge in [-0.1, -0.05) is 48.0 Å². The molecule has 1 saturated heterocycles. The molecule has 34 heavy (non-hydrogen) atoms. The van der Waals surface area contributed by atoms with Crippen LogP contribution in [0.5, 0.6) is 0 Å². The average Bonchev–Trinajstić information content (AvgIpc) is 2.88. The average molecular weight is 474 g/mol. The number of hydrogen-bond donors (Lipinski definition) is 0. The van der Waals surface area contributed by atoms with Gasteiger partial charge in [-0.2, -0.15) is 0 Å². The number of anilines is 1. The standard InChI is InChI=1S/C25H20ClN5O3/c26-21-8-7-20(16-23(21)31(33)34)25(32)30-13-11-29(12-14-30)24-10-9-22(27-28-24)19-6-5-17-3-1-2-4-18(17)15-19/h1-10,15-16H,11-14H2. The van der Waals surface area contributed by atoms with Crippen molar-refractivity contribution in [3.8, 4) is 11.3 Å². The number of hydrogen-bond acceptors (Lipinski definition) is 6. The summed E-state index contributed by atoms with van der Waals surface area (Å²) >= 11 is 5.86. The van der Waals surface area contributed by atoms with E-state index in [0.29, 0.717) is 26.2 Å². The molecule has 0 atom stereocenters. The first-order valence-corrected chi connectivity index (χ1v) is 11.2. The van der Waals surface area contributed by atoms with E-state index in [1.807, 2.05) is 30.3 Å². The van der Waals surface area contributed by atoms with E-state index in [0.717, 1.165) is 22.5 Å². The van der Waals surface area contributed by atoms with Gasteiger partial charge in [-0.25, -0.2) is 0 Å². The highest BCUT2D eigenvalue weighted by molar-refractivity contribution is 6.32. The molecule has 3 aromatic carbocycles. The molecule has 0 saturated carbocycles. The SMILES string of the molecule is O=C(c1ccc(Cl)c([N+](=O)[O-])c1)N1CCN(c2ccc(-c3ccc4ccccc4c3)nn2)CC1. The van der Waals surface area contributed by atoms with Crippen LogP contribution >= 0.6 is 11.6 Å². The molecule has 2 heterocycles. The van der Waals surface area contributed by atoms with Crippen molar-refractivity contribution in [2.45, 2.75) is 0 Å². The lowest BCUT2D eigenvalue weighted by Gasteiger charge is -2.35. The first-order chi connectivity index (χ1) is 16.5. The highest BCUT2D eigenvalue weighted by atomic mass is 35.5. The van der Waals surface area contributed by atoms with Crippen LogP contribution in [0.25, 0.3) is 22.0 Å². The van der Waals surface area contributed by atoms with E-state index in [4.69, 9.17) is 11.6 Å². The van der Waals surface area contributed by atoms with Crippen molar-refractivity contribution in [3.63, 3.8) is 0 Å². The molecular formula is C25H20ClN5O3. The van der Waals surface area contributed by atoms with Gasteiger partial charge >= 0.3 is 0 Å². The van der Waals surface area contributed by atoms with E-state index in [-0.39, 0.29) is 22.2 Å². The first-order valence-electron chi connectivity index (χ1n) is 10.8. The summed E-state index contributed by atoms with van der Waals surface area (Å²) in [4.78, 5) is 27.1. The molecule has 0 N–H and O–H groups in total. The van der Waals surface area contributed by atoms with Crippen LogP contribution in [-0.2, 0) is 0 Å². The summed E-state index contributed by atoms with van der Waals surface area (Å²) in [5.74, 6) is 0.496. The molecule has 1 aromatic heterocycles. The van der Waals surface area contributed by atoms with E-state index in [1.165, 1.54) is 23.6 Å². The minimum atomic E-state index is -0.586. The summed E-state index contributed by atoms with van der Waals surface area (Å²) in [6, 6.07) is 22.4. The van der Waals surface area contributed by atoms with Crippen LogP contribution in [-0.4, -0.2) is 52.1 Å². The second-order valence-corrected chi connectivity index (χ2v) is 8.45. The Bertz CT molecular complexity index is 1390. The summed E-state index contributed by atoms with van der Waals surface area (Å²) in [5.41, 5.74) is 1.79. The zero-order valence-corrected chi connectivity index (χ0v) is 18.9. The Hall–Kier alpha value is -4.04. The minimum absolute atomic E-state index is 0.0112. The molecule has 0 radical (unpaired) electrons. The Morgan fingerprint density at radius 2 is 1.65 bits per heavy atom.